The number of halogens is 1. The van der Waals surface area contributed by atoms with Crippen molar-refractivity contribution in [1.82, 2.24) is 5.32 Å². The molecule has 1 N–H and O–H groups in total. The minimum Gasteiger partial charge on any atom is -0.481 e. The number of hydrogen-bond acceptors (Lipinski definition) is 2. The summed E-state index contributed by atoms with van der Waals surface area (Å²) < 4.78 is 5.46. The predicted molar refractivity (Wildman–Crippen MR) is 64.8 cm³/mol. The van der Waals surface area contributed by atoms with E-state index in [1.165, 1.54) is 0 Å². The molecule has 4 heteroatoms. The third-order valence-corrected chi connectivity index (χ3v) is 2.26. The molecular weight excluding hydrogens is 226 g/mol. The van der Waals surface area contributed by atoms with Crippen LogP contribution in [0.3, 0.4) is 0 Å². The van der Waals surface area contributed by atoms with Crippen molar-refractivity contribution >= 4 is 17.5 Å². The lowest BCUT2D eigenvalue weighted by Gasteiger charge is -2.14. The Labute approximate surface area is 101 Å². The Morgan fingerprint density at radius 3 is 2.94 bits per heavy atom. The number of hydrogen-bond donors (Lipinski definition) is 1. The zero-order valence-electron chi connectivity index (χ0n) is 9.50. The zero-order valence-corrected chi connectivity index (χ0v) is 10.3. The van der Waals surface area contributed by atoms with Gasteiger partial charge in [-0.3, -0.25) is 4.79 Å². The van der Waals surface area contributed by atoms with Gasteiger partial charge in [-0.25, -0.2) is 0 Å². The second kappa shape index (κ2) is 6.38. The van der Waals surface area contributed by atoms with E-state index in [9.17, 15) is 4.79 Å². The summed E-state index contributed by atoms with van der Waals surface area (Å²) in [7, 11) is 0. The number of amides is 1. The third-order valence-electron chi connectivity index (χ3n) is 2.03. The molecule has 0 saturated carbocycles. The minimum absolute atomic E-state index is 0.109. The van der Waals surface area contributed by atoms with Gasteiger partial charge in [0.2, 0.25) is 0 Å². The second-order valence-electron chi connectivity index (χ2n) is 3.51. The molecule has 0 bridgehead atoms. The van der Waals surface area contributed by atoms with Crippen molar-refractivity contribution in [3.63, 3.8) is 0 Å². The summed E-state index contributed by atoms with van der Waals surface area (Å²) in [5.41, 5.74) is 0. The molecule has 0 heterocycles. The van der Waals surface area contributed by atoms with Crippen molar-refractivity contribution in [1.29, 1.82) is 0 Å². The van der Waals surface area contributed by atoms with Crippen molar-refractivity contribution in [3.8, 4) is 5.75 Å². The summed E-state index contributed by atoms with van der Waals surface area (Å²) in [5, 5.41) is 3.37. The highest BCUT2D eigenvalue weighted by molar-refractivity contribution is 6.30. The maximum atomic E-state index is 11.5. The lowest BCUT2D eigenvalue weighted by Crippen LogP contribution is -2.36. The van der Waals surface area contributed by atoms with Crippen LogP contribution in [0.1, 0.15) is 20.3 Å². The van der Waals surface area contributed by atoms with Gasteiger partial charge in [-0.15, -0.1) is 0 Å². The molecule has 1 atom stereocenters. The third kappa shape index (κ3) is 4.11. The molecule has 16 heavy (non-hydrogen) atoms. The molecule has 0 aromatic heterocycles. The fourth-order valence-corrected chi connectivity index (χ4v) is 1.37. The van der Waals surface area contributed by atoms with Gasteiger partial charge >= 0.3 is 0 Å². The molecule has 0 spiro atoms. The maximum absolute atomic E-state index is 11.5. The molecule has 1 rings (SSSR count). The molecule has 0 fully saturated rings. The van der Waals surface area contributed by atoms with Crippen LogP contribution in [0.25, 0.3) is 0 Å². The quantitative estimate of drug-likeness (QED) is 0.861. The van der Waals surface area contributed by atoms with Gasteiger partial charge in [0.15, 0.2) is 6.10 Å². The van der Waals surface area contributed by atoms with E-state index in [0.29, 0.717) is 17.3 Å². The molecule has 0 saturated heterocycles. The van der Waals surface area contributed by atoms with Gasteiger partial charge in [-0.05, 0) is 31.5 Å². The molecule has 1 aromatic carbocycles. The van der Waals surface area contributed by atoms with Crippen LogP contribution >= 0.6 is 11.6 Å². The number of benzene rings is 1. The molecule has 1 aromatic rings. The van der Waals surface area contributed by atoms with Gasteiger partial charge in [-0.2, -0.15) is 0 Å². The predicted octanol–water partition coefficient (Wildman–Crippen LogP) is 2.63. The SMILES string of the molecule is CCCNC(=O)[C@@H](C)Oc1cccc(Cl)c1. The fourth-order valence-electron chi connectivity index (χ4n) is 1.19. The van der Waals surface area contributed by atoms with Crippen LogP contribution < -0.4 is 10.1 Å². The zero-order chi connectivity index (χ0) is 12.0. The summed E-state index contributed by atoms with van der Waals surface area (Å²) >= 11 is 5.81. The normalized spacial score (nSPS) is 11.9. The molecular formula is C12H16ClNO2. The number of rotatable bonds is 5. The Kier molecular flexibility index (Phi) is 5.12. The highest BCUT2D eigenvalue weighted by atomic mass is 35.5. The Bertz CT molecular complexity index is 355. The Morgan fingerprint density at radius 1 is 1.56 bits per heavy atom. The molecule has 0 radical (unpaired) electrons. The van der Waals surface area contributed by atoms with Gasteiger partial charge in [0, 0.05) is 11.6 Å². The number of ether oxygens (including phenoxy) is 1. The van der Waals surface area contributed by atoms with Gasteiger partial charge in [0.05, 0.1) is 0 Å². The standard InChI is InChI=1S/C12H16ClNO2/c1-3-7-14-12(15)9(2)16-11-6-4-5-10(13)8-11/h4-6,8-9H,3,7H2,1-2H3,(H,14,15)/t9-/m1/s1. The van der Waals surface area contributed by atoms with Crippen molar-refractivity contribution in [2.75, 3.05) is 6.54 Å². The van der Waals surface area contributed by atoms with E-state index in [2.05, 4.69) is 5.32 Å². The summed E-state index contributed by atoms with van der Waals surface area (Å²) in [4.78, 5) is 11.5. The first-order valence-corrected chi connectivity index (χ1v) is 5.71. The van der Waals surface area contributed by atoms with Crippen LogP contribution in [0.2, 0.25) is 5.02 Å². The average molecular weight is 242 g/mol. The summed E-state index contributed by atoms with van der Waals surface area (Å²) in [6, 6.07) is 7.01. The van der Waals surface area contributed by atoms with E-state index in [1.54, 1.807) is 31.2 Å². The highest BCUT2D eigenvalue weighted by Gasteiger charge is 2.13. The number of carbonyl (C=O) groups is 1. The van der Waals surface area contributed by atoms with Crippen molar-refractivity contribution in [2.24, 2.45) is 0 Å². The topological polar surface area (TPSA) is 38.3 Å². The lowest BCUT2D eigenvalue weighted by molar-refractivity contribution is -0.127. The molecule has 0 unspecified atom stereocenters. The van der Waals surface area contributed by atoms with Crippen LogP contribution in [0.4, 0.5) is 0 Å². The molecule has 3 nitrogen and oxygen atoms in total. The molecule has 88 valence electrons. The Morgan fingerprint density at radius 2 is 2.31 bits per heavy atom. The molecule has 0 aliphatic rings. The van der Waals surface area contributed by atoms with Gasteiger partial charge in [0.1, 0.15) is 5.75 Å². The molecule has 1 amide bonds. The van der Waals surface area contributed by atoms with Gasteiger partial charge in [-0.1, -0.05) is 24.6 Å². The van der Waals surface area contributed by atoms with Crippen molar-refractivity contribution in [2.45, 2.75) is 26.4 Å². The summed E-state index contributed by atoms with van der Waals surface area (Å²) in [6.07, 6.45) is 0.403. The Hall–Kier alpha value is -1.22. The minimum atomic E-state index is -0.509. The van der Waals surface area contributed by atoms with Crippen LogP contribution in [0.15, 0.2) is 24.3 Å². The summed E-state index contributed by atoms with van der Waals surface area (Å²) in [5.74, 6) is 0.494. The average Bonchev–Trinajstić information content (AvgIpc) is 2.25. The monoisotopic (exact) mass is 241 g/mol. The van der Waals surface area contributed by atoms with E-state index >= 15 is 0 Å². The number of nitrogens with one attached hydrogen (secondary N) is 1. The van der Waals surface area contributed by atoms with E-state index < -0.39 is 6.10 Å². The first-order valence-electron chi connectivity index (χ1n) is 5.33. The van der Waals surface area contributed by atoms with Gasteiger partial charge < -0.3 is 10.1 Å². The fraction of sp³-hybridized carbons (Fsp3) is 0.417. The Balaban J connectivity index is 2.50. The first kappa shape index (κ1) is 12.8. The molecule has 0 aliphatic carbocycles. The first-order chi connectivity index (χ1) is 7.63. The van der Waals surface area contributed by atoms with Gasteiger partial charge in [0.25, 0.3) is 5.91 Å². The highest BCUT2D eigenvalue weighted by Crippen LogP contribution is 2.18. The van der Waals surface area contributed by atoms with Crippen LogP contribution in [0, 0.1) is 0 Å². The number of carbonyl (C=O) groups excluding carboxylic acids is 1. The van der Waals surface area contributed by atoms with E-state index in [1.807, 2.05) is 6.92 Å². The second-order valence-corrected chi connectivity index (χ2v) is 3.94. The van der Waals surface area contributed by atoms with Crippen molar-refractivity contribution < 1.29 is 9.53 Å². The van der Waals surface area contributed by atoms with Crippen LogP contribution in [-0.4, -0.2) is 18.6 Å². The van der Waals surface area contributed by atoms with Crippen LogP contribution in [-0.2, 0) is 4.79 Å². The largest absolute Gasteiger partial charge is 0.481 e. The smallest absolute Gasteiger partial charge is 0.260 e. The van der Waals surface area contributed by atoms with Crippen LogP contribution in [0.5, 0.6) is 5.75 Å². The van der Waals surface area contributed by atoms with E-state index in [-0.39, 0.29) is 5.91 Å². The lowest BCUT2D eigenvalue weighted by atomic mass is 10.3. The maximum Gasteiger partial charge on any atom is 0.260 e. The van der Waals surface area contributed by atoms with Crippen molar-refractivity contribution in [3.05, 3.63) is 29.3 Å². The van der Waals surface area contributed by atoms with E-state index in [4.69, 9.17) is 16.3 Å². The molecule has 0 aliphatic heterocycles. The summed E-state index contributed by atoms with van der Waals surface area (Å²) in [6.45, 7) is 4.39. The van der Waals surface area contributed by atoms with E-state index in [0.717, 1.165) is 6.42 Å².